The molecule has 1 saturated heterocycles. The molecular weight excluding hydrogens is 466 g/mol. The first-order valence-corrected chi connectivity index (χ1v) is 12.6. The molecule has 1 aliphatic rings. The molecule has 1 heterocycles. The number of morpholine rings is 1. The molecule has 0 aromatic heterocycles. The minimum atomic E-state index is -3.97. The van der Waals surface area contributed by atoms with Crippen LogP contribution in [0.1, 0.15) is 5.56 Å². The van der Waals surface area contributed by atoms with Crippen LogP contribution in [0.3, 0.4) is 0 Å². The molecule has 0 radical (unpaired) electrons. The predicted octanol–water partition coefficient (Wildman–Crippen LogP) is 3.98. The van der Waals surface area contributed by atoms with Gasteiger partial charge in [-0.15, -0.1) is 0 Å². The van der Waals surface area contributed by atoms with Crippen LogP contribution >= 0.6 is 0 Å². The molecule has 0 unspecified atom stereocenters. The molecular formula is C26H27N3O5S. The third-order valence-corrected chi connectivity index (χ3v) is 6.85. The van der Waals surface area contributed by atoms with Gasteiger partial charge in [-0.2, -0.15) is 0 Å². The van der Waals surface area contributed by atoms with Gasteiger partial charge in [-0.25, -0.2) is 8.42 Å². The van der Waals surface area contributed by atoms with Crippen molar-refractivity contribution in [3.63, 3.8) is 0 Å². The van der Waals surface area contributed by atoms with Crippen molar-refractivity contribution in [1.82, 2.24) is 0 Å². The van der Waals surface area contributed by atoms with Gasteiger partial charge in [-0.05, 0) is 54.1 Å². The Labute approximate surface area is 205 Å². The average Bonchev–Trinajstić information content (AvgIpc) is 2.89. The first-order chi connectivity index (χ1) is 16.9. The summed E-state index contributed by atoms with van der Waals surface area (Å²) in [6.07, 6.45) is 3.11. The number of rotatable bonds is 8. The molecule has 182 valence electrons. The lowest BCUT2D eigenvalue weighted by molar-refractivity contribution is -0.111. The van der Waals surface area contributed by atoms with Crippen molar-refractivity contribution >= 4 is 39.1 Å². The Morgan fingerprint density at radius 2 is 1.66 bits per heavy atom. The summed E-state index contributed by atoms with van der Waals surface area (Å²) in [5, 5.41) is 2.76. The summed E-state index contributed by atoms with van der Waals surface area (Å²) in [6, 6.07) is 20.9. The fourth-order valence-corrected chi connectivity index (χ4v) is 4.97. The van der Waals surface area contributed by atoms with E-state index >= 15 is 0 Å². The summed E-state index contributed by atoms with van der Waals surface area (Å²) >= 11 is 0. The summed E-state index contributed by atoms with van der Waals surface area (Å²) in [7, 11) is -2.42. The van der Waals surface area contributed by atoms with E-state index in [1.54, 1.807) is 49.6 Å². The molecule has 3 aromatic rings. The molecule has 0 saturated carbocycles. The number of carbonyl (C=O) groups excluding carboxylic acids is 1. The number of sulfonamides is 1. The van der Waals surface area contributed by atoms with Crippen LogP contribution in [-0.2, 0) is 19.6 Å². The van der Waals surface area contributed by atoms with E-state index < -0.39 is 10.0 Å². The number of anilines is 3. The number of nitrogens with one attached hydrogen (secondary N) is 2. The van der Waals surface area contributed by atoms with Gasteiger partial charge in [0.25, 0.3) is 10.0 Å². The van der Waals surface area contributed by atoms with Crippen LogP contribution in [0, 0.1) is 0 Å². The standard InChI is InChI=1S/C26H27N3O5S/c1-33-23-11-8-21(9-12-23)28-35(31,32)25-19-22(10-13-24(25)29-15-17-34-18-16-29)27-26(30)14-7-20-5-3-2-4-6-20/h2-14,19,28H,15-18H2,1H3,(H,27,30)/b14-7+. The second kappa shape index (κ2) is 11.1. The number of nitrogens with zero attached hydrogens (tertiary/aromatic N) is 1. The fraction of sp³-hybridized carbons (Fsp3) is 0.192. The first kappa shape index (κ1) is 24.3. The minimum absolute atomic E-state index is 0.0695. The molecule has 1 fully saturated rings. The lowest BCUT2D eigenvalue weighted by Crippen LogP contribution is -2.37. The number of hydrogen-bond donors (Lipinski definition) is 2. The molecule has 1 amide bonds. The quantitative estimate of drug-likeness (QED) is 0.461. The van der Waals surface area contributed by atoms with E-state index in [1.807, 2.05) is 35.2 Å². The van der Waals surface area contributed by atoms with Crippen LogP contribution in [0.4, 0.5) is 17.1 Å². The number of methoxy groups -OCH3 is 1. The van der Waals surface area contributed by atoms with E-state index in [1.165, 1.54) is 12.1 Å². The van der Waals surface area contributed by atoms with E-state index in [2.05, 4.69) is 10.0 Å². The number of ether oxygens (including phenoxy) is 2. The molecule has 0 atom stereocenters. The summed E-state index contributed by atoms with van der Waals surface area (Å²) in [4.78, 5) is 14.5. The monoisotopic (exact) mass is 493 g/mol. The summed E-state index contributed by atoms with van der Waals surface area (Å²) < 4.78 is 40.1. The third-order valence-electron chi connectivity index (χ3n) is 5.44. The Bertz CT molecular complexity index is 1290. The number of carbonyl (C=O) groups is 1. The van der Waals surface area contributed by atoms with Gasteiger partial charge >= 0.3 is 0 Å². The van der Waals surface area contributed by atoms with Crippen molar-refractivity contribution < 1.29 is 22.7 Å². The van der Waals surface area contributed by atoms with Gasteiger partial charge < -0.3 is 19.7 Å². The topological polar surface area (TPSA) is 97.0 Å². The van der Waals surface area contributed by atoms with Crippen LogP contribution in [0.25, 0.3) is 6.08 Å². The molecule has 1 aliphatic heterocycles. The number of hydrogen-bond acceptors (Lipinski definition) is 6. The highest BCUT2D eigenvalue weighted by Gasteiger charge is 2.24. The first-order valence-electron chi connectivity index (χ1n) is 11.1. The summed E-state index contributed by atoms with van der Waals surface area (Å²) in [5.74, 6) is 0.259. The predicted molar refractivity (Wildman–Crippen MR) is 137 cm³/mol. The van der Waals surface area contributed by atoms with Gasteiger partial charge in [0.1, 0.15) is 10.6 Å². The van der Waals surface area contributed by atoms with Crippen molar-refractivity contribution in [1.29, 1.82) is 0 Å². The van der Waals surface area contributed by atoms with E-state index in [-0.39, 0.29) is 10.8 Å². The lowest BCUT2D eigenvalue weighted by Gasteiger charge is -2.30. The number of amides is 1. The maximum Gasteiger partial charge on any atom is 0.264 e. The van der Waals surface area contributed by atoms with Crippen LogP contribution in [-0.4, -0.2) is 47.7 Å². The Balaban J connectivity index is 1.61. The summed E-state index contributed by atoms with van der Waals surface area (Å²) in [5.41, 5.74) is 2.21. The van der Waals surface area contributed by atoms with Crippen molar-refractivity contribution in [2.45, 2.75) is 4.90 Å². The molecule has 2 N–H and O–H groups in total. The van der Waals surface area contributed by atoms with Crippen molar-refractivity contribution in [3.8, 4) is 5.75 Å². The number of benzene rings is 3. The van der Waals surface area contributed by atoms with E-state index in [4.69, 9.17) is 9.47 Å². The molecule has 0 aliphatic carbocycles. The molecule has 8 nitrogen and oxygen atoms in total. The zero-order valence-electron chi connectivity index (χ0n) is 19.3. The molecule has 3 aromatic carbocycles. The zero-order chi connectivity index (χ0) is 24.7. The van der Waals surface area contributed by atoms with Crippen LogP contribution < -0.4 is 19.7 Å². The second-order valence-corrected chi connectivity index (χ2v) is 9.50. The Kier molecular flexibility index (Phi) is 7.69. The Morgan fingerprint density at radius 3 is 2.34 bits per heavy atom. The Morgan fingerprint density at radius 1 is 0.971 bits per heavy atom. The molecule has 4 rings (SSSR count). The van der Waals surface area contributed by atoms with Gasteiger partial charge in [0.2, 0.25) is 5.91 Å². The fourth-order valence-electron chi connectivity index (χ4n) is 3.66. The van der Waals surface area contributed by atoms with E-state index in [9.17, 15) is 13.2 Å². The maximum atomic E-state index is 13.4. The van der Waals surface area contributed by atoms with Crippen molar-refractivity contribution in [2.75, 3.05) is 48.4 Å². The Hall–Kier alpha value is -3.82. The maximum absolute atomic E-state index is 13.4. The van der Waals surface area contributed by atoms with Gasteiger partial charge in [-0.1, -0.05) is 30.3 Å². The third kappa shape index (κ3) is 6.40. The van der Waals surface area contributed by atoms with Gasteiger partial charge in [0, 0.05) is 30.5 Å². The average molecular weight is 494 g/mol. The van der Waals surface area contributed by atoms with Crippen LogP contribution in [0.2, 0.25) is 0 Å². The SMILES string of the molecule is COc1ccc(NS(=O)(=O)c2cc(NC(=O)/C=C/c3ccccc3)ccc2N2CCOCC2)cc1. The largest absolute Gasteiger partial charge is 0.497 e. The highest BCUT2D eigenvalue weighted by atomic mass is 32.2. The summed E-state index contributed by atoms with van der Waals surface area (Å²) in [6.45, 7) is 2.15. The van der Waals surface area contributed by atoms with Crippen LogP contribution in [0.5, 0.6) is 5.75 Å². The molecule has 0 spiro atoms. The highest BCUT2D eigenvalue weighted by molar-refractivity contribution is 7.92. The zero-order valence-corrected chi connectivity index (χ0v) is 20.1. The minimum Gasteiger partial charge on any atom is -0.497 e. The molecule has 35 heavy (non-hydrogen) atoms. The van der Waals surface area contributed by atoms with E-state index in [0.717, 1.165) is 5.56 Å². The van der Waals surface area contributed by atoms with E-state index in [0.29, 0.717) is 49.1 Å². The van der Waals surface area contributed by atoms with Crippen molar-refractivity contribution in [2.24, 2.45) is 0 Å². The van der Waals surface area contributed by atoms with Gasteiger partial charge in [0.15, 0.2) is 0 Å². The van der Waals surface area contributed by atoms with Gasteiger partial charge in [-0.3, -0.25) is 9.52 Å². The van der Waals surface area contributed by atoms with Crippen LogP contribution in [0.15, 0.2) is 83.8 Å². The van der Waals surface area contributed by atoms with Crippen molar-refractivity contribution in [3.05, 3.63) is 84.4 Å². The second-order valence-electron chi connectivity index (χ2n) is 7.85. The van der Waals surface area contributed by atoms with Gasteiger partial charge in [0.05, 0.1) is 26.0 Å². The normalized spacial score (nSPS) is 14.0. The molecule has 0 bridgehead atoms. The lowest BCUT2D eigenvalue weighted by atomic mass is 10.2. The molecule has 9 heteroatoms. The smallest absolute Gasteiger partial charge is 0.264 e. The highest BCUT2D eigenvalue weighted by Crippen LogP contribution is 2.31.